The summed E-state index contributed by atoms with van der Waals surface area (Å²) in [4.78, 5) is 0. The van der Waals surface area contributed by atoms with Gasteiger partial charge in [0.05, 0.1) is 0 Å². The second kappa shape index (κ2) is 14.7. The van der Waals surface area contributed by atoms with Crippen LogP contribution in [0.5, 0.6) is 0 Å². The first-order valence-electron chi connectivity index (χ1n) is 3.88. The van der Waals surface area contributed by atoms with Crippen LogP contribution in [0.2, 0.25) is 0 Å². The Kier molecular flexibility index (Phi) is 25.3. The van der Waals surface area contributed by atoms with Crippen LogP contribution in [-0.2, 0) is 65.4 Å². The molecule has 11 heavy (non-hydrogen) atoms. The summed E-state index contributed by atoms with van der Waals surface area (Å²) < 4.78 is 0. The van der Waals surface area contributed by atoms with Gasteiger partial charge in [0.1, 0.15) is 0 Å². The molecule has 0 aliphatic rings. The summed E-state index contributed by atoms with van der Waals surface area (Å²) in [7, 11) is 0. The summed E-state index contributed by atoms with van der Waals surface area (Å²) >= 11 is 0. The second-order valence-electron chi connectivity index (χ2n) is 2.80. The van der Waals surface area contributed by atoms with Crippen molar-refractivity contribution in [1.82, 2.24) is 0 Å². The van der Waals surface area contributed by atoms with Crippen molar-refractivity contribution in [3.8, 4) is 0 Å². The van der Waals surface area contributed by atoms with Gasteiger partial charge in [0.2, 0.25) is 0 Å². The van der Waals surface area contributed by atoms with Crippen molar-refractivity contribution in [2.45, 2.75) is 39.5 Å². The average molecular weight is 304 g/mol. The maximum atomic E-state index is 3.93. The van der Waals surface area contributed by atoms with Gasteiger partial charge in [-0.25, -0.2) is 0 Å². The van der Waals surface area contributed by atoms with E-state index in [-0.39, 0.29) is 65.4 Å². The summed E-state index contributed by atoms with van der Waals surface area (Å²) in [6.07, 6.45) is 7.47. The van der Waals surface area contributed by atoms with E-state index in [1.165, 1.54) is 25.7 Å². The molecule has 0 bridgehead atoms. The van der Waals surface area contributed by atoms with E-state index in [2.05, 4.69) is 27.2 Å². The molecule has 0 rings (SSSR count). The molecule has 2 heteroatoms. The zero-order valence-corrected chi connectivity index (χ0v) is 13.5. The maximum absolute atomic E-state index is 3.93. The van der Waals surface area contributed by atoms with Crippen LogP contribution in [0.15, 0.2) is 0 Å². The van der Waals surface area contributed by atoms with Crippen LogP contribution >= 0.6 is 0 Å². The molecule has 0 spiro atoms. The smallest absolute Gasteiger partial charge is 0 e. The van der Waals surface area contributed by atoms with Gasteiger partial charge < -0.3 is 13.3 Å². The van der Waals surface area contributed by atoms with Crippen molar-refractivity contribution >= 4 is 0 Å². The minimum absolute atomic E-state index is 0. The van der Waals surface area contributed by atoms with Gasteiger partial charge in [-0.3, -0.25) is 0 Å². The van der Waals surface area contributed by atoms with E-state index >= 15 is 0 Å². The number of rotatable bonds is 5. The van der Waals surface area contributed by atoms with Gasteiger partial charge in [-0.05, 0) is 0 Å². The largest absolute Gasteiger partial charge is 0.341 e. The molecule has 0 N–H and O–H groups in total. The van der Waals surface area contributed by atoms with E-state index < -0.39 is 0 Å². The van der Waals surface area contributed by atoms with E-state index in [0.717, 1.165) is 0 Å². The minimum Gasteiger partial charge on any atom is -0.341 e. The zero-order valence-electron chi connectivity index (χ0n) is 7.84. The molecule has 0 nitrogen and oxygen atoms in total. The number of hydrogen-bond acceptors (Lipinski definition) is 0. The van der Waals surface area contributed by atoms with Crippen LogP contribution in [0.25, 0.3) is 0 Å². The second-order valence-corrected chi connectivity index (χ2v) is 2.80. The first kappa shape index (κ1) is 18.9. The predicted octanol–water partition coefficient (Wildman–Crippen LogP) is 3.24. The Hall–Kier alpha value is 2.21. The van der Waals surface area contributed by atoms with Crippen LogP contribution in [0.3, 0.4) is 0 Å². The van der Waals surface area contributed by atoms with Crippen LogP contribution in [-0.4, -0.2) is 0 Å². The molecule has 0 fully saturated rings. The molecule has 0 aromatic heterocycles. The Bertz CT molecular complexity index is 53.5. The fourth-order valence-electron chi connectivity index (χ4n) is 0.841. The number of hydrogen-bond donors (Lipinski definition) is 0. The molecule has 0 aromatic rings. The van der Waals surface area contributed by atoms with E-state index in [1.54, 1.807) is 0 Å². The Labute approximate surface area is 122 Å². The van der Waals surface area contributed by atoms with Crippen LogP contribution in [0.4, 0.5) is 0 Å². The van der Waals surface area contributed by atoms with E-state index in [1.807, 2.05) is 0 Å². The minimum atomic E-state index is 0. The third-order valence-electron chi connectivity index (χ3n) is 1.44. The van der Waals surface area contributed by atoms with Crippen molar-refractivity contribution in [3.63, 3.8) is 0 Å². The summed E-state index contributed by atoms with van der Waals surface area (Å²) in [5.41, 5.74) is 0. The Balaban J connectivity index is -0.000000320. The van der Waals surface area contributed by atoms with Crippen molar-refractivity contribution < 1.29 is 65.4 Å². The third-order valence-corrected chi connectivity index (χ3v) is 1.44. The first-order chi connectivity index (χ1) is 4.27. The molecule has 0 saturated carbocycles. The molecule has 0 aliphatic carbocycles. The van der Waals surface area contributed by atoms with Gasteiger partial charge in [-0.1, -0.05) is 26.2 Å². The van der Waals surface area contributed by atoms with Crippen LogP contribution < -0.4 is 0 Å². The average Bonchev–Trinajstić information content (AvgIpc) is 1.80. The monoisotopic (exact) mass is 304 g/mol. The van der Waals surface area contributed by atoms with Crippen molar-refractivity contribution in [1.29, 1.82) is 0 Å². The van der Waals surface area contributed by atoms with Crippen molar-refractivity contribution in [2.24, 2.45) is 5.92 Å². The molecule has 0 saturated heterocycles. The molecule has 0 aliphatic heterocycles. The summed E-state index contributed by atoms with van der Waals surface area (Å²) in [6.45, 7) is 8.22. The van der Waals surface area contributed by atoms with Gasteiger partial charge in [-0.15, -0.1) is 0 Å². The normalized spacial score (nSPS) is 11.2. The van der Waals surface area contributed by atoms with E-state index in [0.29, 0.717) is 5.92 Å². The summed E-state index contributed by atoms with van der Waals surface area (Å²) in [5, 5.41) is 0. The Morgan fingerprint density at radius 2 is 1.82 bits per heavy atom. The molecule has 0 amide bonds. The van der Waals surface area contributed by atoms with Crippen LogP contribution in [0.1, 0.15) is 39.5 Å². The van der Waals surface area contributed by atoms with Crippen LogP contribution in [0, 0.1) is 19.3 Å². The maximum Gasteiger partial charge on any atom is 0 e. The summed E-state index contributed by atoms with van der Waals surface area (Å²) in [6, 6.07) is 0. The fraction of sp³-hybridized carbons (Fsp3) is 0.778. The molecular formula is C9H18Y2-2. The SMILES string of the molecule is [CH2-][C@H](C)CCCC[CH-]C.[Y].[Y]. The van der Waals surface area contributed by atoms with Crippen molar-refractivity contribution in [2.75, 3.05) is 0 Å². The summed E-state index contributed by atoms with van der Waals surface area (Å²) in [5.74, 6) is 0.641. The molecule has 1 atom stereocenters. The van der Waals surface area contributed by atoms with Gasteiger partial charge in [0, 0.05) is 65.4 Å². The zero-order chi connectivity index (χ0) is 7.11. The Morgan fingerprint density at radius 3 is 2.18 bits per heavy atom. The standard InChI is InChI=1S/C9H18.2Y/c1-4-5-6-7-8-9(2)3;;/h4,9H,2,5-8H2,1,3H3;;/q-2;;/t9-;;/m1../s1. The molecule has 62 valence electrons. The Morgan fingerprint density at radius 1 is 1.27 bits per heavy atom. The van der Waals surface area contributed by atoms with E-state index in [4.69, 9.17) is 0 Å². The molecule has 0 aromatic carbocycles. The fourth-order valence-corrected chi connectivity index (χ4v) is 0.841. The van der Waals surface area contributed by atoms with Gasteiger partial charge >= 0.3 is 0 Å². The quantitative estimate of drug-likeness (QED) is 0.540. The first-order valence-corrected chi connectivity index (χ1v) is 3.88. The van der Waals surface area contributed by atoms with Gasteiger partial charge in [0.15, 0.2) is 0 Å². The van der Waals surface area contributed by atoms with Gasteiger partial charge in [-0.2, -0.15) is 19.3 Å². The molecule has 0 unspecified atom stereocenters. The van der Waals surface area contributed by atoms with E-state index in [9.17, 15) is 0 Å². The third kappa shape index (κ3) is 18.9. The molecule has 0 heterocycles. The van der Waals surface area contributed by atoms with Gasteiger partial charge in [0.25, 0.3) is 0 Å². The number of unbranched alkanes of at least 4 members (excludes halogenated alkanes) is 3. The topological polar surface area (TPSA) is 0 Å². The molecular weight excluding hydrogens is 286 g/mol. The van der Waals surface area contributed by atoms with Crippen molar-refractivity contribution in [3.05, 3.63) is 13.3 Å². The molecule has 2 radical (unpaired) electrons. The predicted molar refractivity (Wildman–Crippen MR) is 43.0 cm³/mol.